The molecule has 1 aromatic heterocycles. The molecule has 1 aromatic rings. The second kappa shape index (κ2) is 4.31. The number of halogens is 1. The first kappa shape index (κ1) is 8.42. The lowest BCUT2D eigenvalue weighted by molar-refractivity contribution is 0.119. The number of nitrogens with zero attached hydrogens (tertiary/aromatic N) is 1. The van der Waals surface area contributed by atoms with Gasteiger partial charge in [-0.1, -0.05) is 0 Å². The van der Waals surface area contributed by atoms with E-state index in [2.05, 4.69) is 14.8 Å². The van der Waals surface area contributed by atoms with Crippen molar-refractivity contribution in [1.82, 2.24) is 9.97 Å². The Kier molecular flexibility index (Phi) is 4.04. The quantitative estimate of drug-likeness (QED) is 0.592. The van der Waals surface area contributed by atoms with Gasteiger partial charge in [0.25, 0.3) is 0 Å². The molecule has 3 N–H and O–H groups in total. The van der Waals surface area contributed by atoms with E-state index in [0.717, 1.165) is 5.82 Å². The summed E-state index contributed by atoms with van der Waals surface area (Å²) in [4.78, 5) is 11.0. The fraction of sp³-hybridized carbons (Fsp3) is 0.250. The zero-order valence-electron chi connectivity index (χ0n) is 4.70. The molecule has 5 heteroatoms. The summed E-state index contributed by atoms with van der Waals surface area (Å²) in [6.07, 6.45) is 3.36. The third-order valence-electron chi connectivity index (χ3n) is 0.775. The van der Waals surface area contributed by atoms with Crippen molar-refractivity contribution in [3.63, 3.8) is 0 Å². The van der Waals surface area contributed by atoms with Crippen molar-refractivity contribution in [1.29, 1.82) is 0 Å². The Labute approximate surface area is 58.8 Å². The van der Waals surface area contributed by atoms with E-state index in [4.69, 9.17) is 5.90 Å². The van der Waals surface area contributed by atoms with E-state index >= 15 is 0 Å². The van der Waals surface area contributed by atoms with Gasteiger partial charge in [-0.2, -0.15) is 0 Å². The van der Waals surface area contributed by atoms with E-state index in [1.165, 1.54) is 0 Å². The molecule has 9 heavy (non-hydrogen) atoms. The Morgan fingerprint density at radius 3 is 3.00 bits per heavy atom. The molecule has 4 nitrogen and oxygen atoms in total. The molecule has 1 heterocycles. The average molecular weight is 150 g/mol. The summed E-state index contributed by atoms with van der Waals surface area (Å²) >= 11 is 0. The van der Waals surface area contributed by atoms with Crippen LogP contribution in [0.2, 0.25) is 0 Å². The maximum atomic E-state index is 4.76. The van der Waals surface area contributed by atoms with Crippen LogP contribution in [0.4, 0.5) is 0 Å². The molecule has 0 radical (unpaired) electrons. The lowest BCUT2D eigenvalue weighted by Crippen LogP contribution is -1.99. The van der Waals surface area contributed by atoms with Crippen LogP contribution in [0.3, 0.4) is 0 Å². The van der Waals surface area contributed by atoms with E-state index < -0.39 is 0 Å². The van der Waals surface area contributed by atoms with Crippen LogP contribution in [0.1, 0.15) is 5.82 Å². The lowest BCUT2D eigenvalue weighted by atomic mass is 10.7. The molecular weight excluding hydrogens is 142 g/mol. The molecular formula is C4H8ClN3O. The van der Waals surface area contributed by atoms with Crippen LogP contribution in [0.25, 0.3) is 0 Å². The highest BCUT2D eigenvalue weighted by molar-refractivity contribution is 5.85. The molecule has 0 amide bonds. The molecule has 0 atom stereocenters. The maximum absolute atomic E-state index is 4.76. The maximum Gasteiger partial charge on any atom is 0.134 e. The van der Waals surface area contributed by atoms with Gasteiger partial charge in [0.05, 0.1) is 0 Å². The van der Waals surface area contributed by atoms with E-state index in [1.807, 2.05) is 0 Å². The highest BCUT2D eigenvalue weighted by Crippen LogP contribution is 1.86. The molecule has 0 aliphatic carbocycles. The molecule has 0 spiro atoms. The van der Waals surface area contributed by atoms with E-state index in [0.29, 0.717) is 6.61 Å². The third-order valence-corrected chi connectivity index (χ3v) is 0.775. The summed E-state index contributed by atoms with van der Waals surface area (Å²) in [5.41, 5.74) is 0. The summed E-state index contributed by atoms with van der Waals surface area (Å²) in [7, 11) is 0. The predicted octanol–water partition coefficient (Wildman–Crippen LogP) is 0.222. The number of hydrogen-bond donors (Lipinski definition) is 2. The summed E-state index contributed by atoms with van der Waals surface area (Å²) < 4.78 is 0. The Bertz CT molecular complexity index is 142. The normalized spacial score (nSPS) is 8.56. The van der Waals surface area contributed by atoms with E-state index in [1.54, 1.807) is 12.4 Å². The van der Waals surface area contributed by atoms with Crippen molar-refractivity contribution < 1.29 is 4.84 Å². The van der Waals surface area contributed by atoms with Crippen molar-refractivity contribution in [2.75, 3.05) is 0 Å². The molecule has 0 aliphatic rings. The SMILES string of the molecule is Cl.NOCc1ncc[nH]1. The third kappa shape index (κ3) is 2.46. The van der Waals surface area contributed by atoms with Gasteiger partial charge in [0.2, 0.25) is 0 Å². The first-order valence-electron chi connectivity index (χ1n) is 2.23. The Hall–Kier alpha value is -0.580. The van der Waals surface area contributed by atoms with Crippen molar-refractivity contribution in [2.24, 2.45) is 5.90 Å². The van der Waals surface area contributed by atoms with Gasteiger partial charge < -0.3 is 4.98 Å². The molecule has 0 saturated carbocycles. The van der Waals surface area contributed by atoms with Crippen LogP contribution < -0.4 is 5.90 Å². The number of aromatic nitrogens is 2. The van der Waals surface area contributed by atoms with E-state index in [9.17, 15) is 0 Å². The Balaban J connectivity index is 0.000000640. The first-order chi connectivity index (χ1) is 3.93. The molecule has 0 aliphatic heterocycles. The minimum atomic E-state index is 0. The van der Waals surface area contributed by atoms with Crippen LogP contribution in [0.5, 0.6) is 0 Å². The first-order valence-corrected chi connectivity index (χ1v) is 2.23. The molecule has 0 aromatic carbocycles. The number of hydrogen-bond acceptors (Lipinski definition) is 3. The minimum Gasteiger partial charge on any atom is -0.347 e. The summed E-state index contributed by atoms with van der Waals surface area (Å²) in [5.74, 6) is 5.50. The van der Waals surface area contributed by atoms with Crippen molar-refractivity contribution in [3.05, 3.63) is 18.2 Å². The largest absolute Gasteiger partial charge is 0.347 e. The Morgan fingerprint density at radius 2 is 2.56 bits per heavy atom. The van der Waals surface area contributed by atoms with Gasteiger partial charge in [-0.15, -0.1) is 12.4 Å². The molecule has 0 saturated heterocycles. The van der Waals surface area contributed by atoms with Gasteiger partial charge in [-0.05, 0) is 0 Å². The number of aromatic amines is 1. The summed E-state index contributed by atoms with van der Waals surface area (Å²) in [6.45, 7) is 0.340. The standard InChI is InChI=1S/C4H7N3O.ClH/c5-8-3-4-6-1-2-7-4;/h1-2H,3,5H2,(H,6,7);1H. The van der Waals surface area contributed by atoms with Crippen molar-refractivity contribution in [3.8, 4) is 0 Å². The number of imidazole rings is 1. The molecule has 1 rings (SSSR count). The number of rotatable bonds is 2. The monoisotopic (exact) mass is 149 g/mol. The second-order valence-corrected chi connectivity index (χ2v) is 1.35. The highest BCUT2D eigenvalue weighted by Gasteiger charge is 1.88. The van der Waals surface area contributed by atoms with Crippen LogP contribution in [-0.4, -0.2) is 9.97 Å². The minimum absolute atomic E-state index is 0. The van der Waals surface area contributed by atoms with Gasteiger partial charge in [0.1, 0.15) is 12.4 Å². The fourth-order valence-corrected chi connectivity index (χ4v) is 0.456. The second-order valence-electron chi connectivity index (χ2n) is 1.35. The highest BCUT2D eigenvalue weighted by atomic mass is 35.5. The number of nitrogens with one attached hydrogen (secondary N) is 1. The van der Waals surface area contributed by atoms with Crippen LogP contribution in [0.15, 0.2) is 12.4 Å². The zero-order chi connectivity index (χ0) is 5.82. The summed E-state index contributed by atoms with van der Waals surface area (Å²) in [6, 6.07) is 0. The molecule has 0 fully saturated rings. The lowest BCUT2D eigenvalue weighted by Gasteiger charge is -1.88. The summed E-state index contributed by atoms with van der Waals surface area (Å²) in [5, 5.41) is 0. The van der Waals surface area contributed by atoms with Gasteiger partial charge in [0, 0.05) is 12.4 Å². The smallest absolute Gasteiger partial charge is 0.134 e. The van der Waals surface area contributed by atoms with Gasteiger partial charge in [-0.3, -0.25) is 4.84 Å². The molecule has 0 unspecified atom stereocenters. The average Bonchev–Trinajstić information content (AvgIpc) is 2.19. The molecule has 0 bridgehead atoms. The van der Waals surface area contributed by atoms with Crippen molar-refractivity contribution in [2.45, 2.75) is 6.61 Å². The van der Waals surface area contributed by atoms with Gasteiger partial charge in [-0.25, -0.2) is 10.9 Å². The zero-order valence-corrected chi connectivity index (χ0v) is 5.52. The van der Waals surface area contributed by atoms with Crippen LogP contribution >= 0.6 is 12.4 Å². The van der Waals surface area contributed by atoms with Crippen LogP contribution in [-0.2, 0) is 11.4 Å². The van der Waals surface area contributed by atoms with E-state index in [-0.39, 0.29) is 12.4 Å². The Morgan fingerprint density at radius 1 is 1.78 bits per heavy atom. The topological polar surface area (TPSA) is 63.9 Å². The van der Waals surface area contributed by atoms with Crippen molar-refractivity contribution >= 4 is 12.4 Å². The predicted molar refractivity (Wildman–Crippen MR) is 34.8 cm³/mol. The van der Waals surface area contributed by atoms with Gasteiger partial charge >= 0.3 is 0 Å². The van der Waals surface area contributed by atoms with Crippen LogP contribution in [0, 0.1) is 0 Å². The molecule has 52 valence electrons. The fourth-order valence-electron chi connectivity index (χ4n) is 0.456. The van der Waals surface area contributed by atoms with Gasteiger partial charge in [0.15, 0.2) is 0 Å². The number of H-pyrrole nitrogens is 1. The number of nitrogens with two attached hydrogens (primary N) is 1.